The molecule has 2 nitrogen and oxygen atoms in total. The molecule has 0 aliphatic heterocycles. The molecule has 2 unspecified atom stereocenters. The second kappa shape index (κ2) is 7.50. The van der Waals surface area contributed by atoms with Gasteiger partial charge in [-0.05, 0) is 31.1 Å². The molecule has 0 amide bonds. The van der Waals surface area contributed by atoms with Crippen molar-refractivity contribution in [1.29, 1.82) is 0 Å². The van der Waals surface area contributed by atoms with E-state index in [1.54, 1.807) is 22.7 Å². The zero-order valence-electron chi connectivity index (χ0n) is 13.7. The predicted octanol–water partition coefficient (Wildman–Crippen LogP) is 5.97. The van der Waals surface area contributed by atoms with Crippen molar-refractivity contribution < 1.29 is 0 Å². The SMILES string of the molecule is CCc1nc(C(C)CCC(C)c2csc(C(C)C)n2)cs1. The van der Waals surface area contributed by atoms with Gasteiger partial charge in [0.15, 0.2) is 0 Å². The molecule has 116 valence electrons. The van der Waals surface area contributed by atoms with Gasteiger partial charge in [-0.1, -0.05) is 34.6 Å². The first kappa shape index (κ1) is 16.6. The van der Waals surface area contributed by atoms with Crippen LogP contribution in [-0.2, 0) is 6.42 Å². The maximum absolute atomic E-state index is 4.78. The van der Waals surface area contributed by atoms with E-state index in [2.05, 4.69) is 45.4 Å². The average molecular weight is 323 g/mol. The maximum atomic E-state index is 4.78. The summed E-state index contributed by atoms with van der Waals surface area (Å²) in [4.78, 5) is 9.49. The van der Waals surface area contributed by atoms with E-state index in [9.17, 15) is 0 Å². The fourth-order valence-corrected chi connectivity index (χ4v) is 4.13. The number of aryl methyl sites for hydroxylation is 1. The molecule has 0 bridgehead atoms. The Morgan fingerprint density at radius 1 is 0.905 bits per heavy atom. The first-order valence-electron chi connectivity index (χ1n) is 7.90. The highest BCUT2D eigenvalue weighted by Crippen LogP contribution is 2.30. The van der Waals surface area contributed by atoms with Crippen molar-refractivity contribution in [3.63, 3.8) is 0 Å². The lowest BCUT2D eigenvalue weighted by molar-refractivity contribution is 0.559. The van der Waals surface area contributed by atoms with Gasteiger partial charge in [0.25, 0.3) is 0 Å². The van der Waals surface area contributed by atoms with Crippen LogP contribution < -0.4 is 0 Å². The first-order valence-corrected chi connectivity index (χ1v) is 9.66. The lowest BCUT2D eigenvalue weighted by Gasteiger charge is -2.12. The molecule has 21 heavy (non-hydrogen) atoms. The van der Waals surface area contributed by atoms with Gasteiger partial charge >= 0.3 is 0 Å². The van der Waals surface area contributed by atoms with E-state index in [1.807, 2.05) is 0 Å². The number of hydrogen-bond donors (Lipinski definition) is 0. The Kier molecular flexibility index (Phi) is 5.94. The van der Waals surface area contributed by atoms with Crippen LogP contribution in [-0.4, -0.2) is 9.97 Å². The van der Waals surface area contributed by atoms with Crippen molar-refractivity contribution in [2.75, 3.05) is 0 Å². The third kappa shape index (κ3) is 4.36. The molecule has 4 heteroatoms. The fourth-order valence-electron chi connectivity index (χ4n) is 2.30. The fraction of sp³-hybridized carbons (Fsp3) is 0.647. The number of rotatable bonds is 7. The molecule has 0 aliphatic carbocycles. The molecule has 0 saturated carbocycles. The number of hydrogen-bond acceptors (Lipinski definition) is 4. The largest absolute Gasteiger partial charge is 0.246 e. The van der Waals surface area contributed by atoms with E-state index < -0.39 is 0 Å². The van der Waals surface area contributed by atoms with Gasteiger partial charge in [-0.25, -0.2) is 9.97 Å². The number of nitrogens with zero attached hydrogens (tertiary/aromatic N) is 2. The second-order valence-corrected chi connectivity index (χ2v) is 8.00. The molecule has 2 aromatic heterocycles. The standard InChI is InChI=1S/C17H26N2S2/c1-6-16-18-14(9-20-16)12(4)7-8-13(5)15-10-21-17(19-15)11(2)3/h9-13H,6-8H2,1-5H3. The van der Waals surface area contributed by atoms with Crippen LogP contribution in [0, 0.1) is 0 Å². The quantitative estimate of drug-likeness (QED) is 0.627. The Morgan fingerprint density at radius 3 is 1.95 bits per heavy atom. The van der Waals surface area contributed by atoms with Crippen LogP contribution in [0.15, 0.2) is 10.8 Å². The molecule has 2 heterocycles. The van der Waals surface area contributed by atoms with E-state index in [-0.39, 0.29) is 0 Å². The van der Waals surface area contributed by atoms with Gasteiger partial charge in [-0.15, -0.1) is 22.7 Å². The van der Waals surface area contributed by atoms with E-state index in [1.165, 1.54) is 34.2 Å². The Bertz CT molecular complexity index is 557. The van der Waals surface area contributed by atoms with Crippen LogP contribution in [0.1, 0.15) is 86.6 Å². The van der Waals surface area contributed by atoms with Crippen molar-refractivity contribution in [3.8, 4) is 0 Å². The zero-order valence-corrected chi connectivity index (χ0v) is 15.4. The Labute approximate surface area is 136 Å². The Morgan fingerprint density at radius 2 is 1.48 bits per heavy atom. The van der Waals surface area contributed by atoms with Gasteiger partial charge in [0.1, 0.15) is 0 Å². The summed E-state index contributed by atoms with van der Waals surface area (Å²) in [7, 11) is 0. The van der Waals surface area contributed by atoms with Gasteiger partial charge in [0.05, 0.1) is 21.4 Å². The molecule has 0 radical (unpaired) electrons. The van der Waals surface area contributed by atoms with Gasteiger partial charge in [0.2, 0.25) is 0 Å². The summed E-state index contributed by atoms with van der Waals surface area (Å²) in [6.07, 6.45) is 3.41. The van der Waals surface area contributed by atoms with Crippen molar-refractivity contribution in [2.45, 2.75) is 71.6 Å². The second-order valence-electron chi connectivity index (χ2n) is 6.16. The summed E-state index contributed by atoms with van der Waals surface area (Å²) in [5.41, 5.74) is 2.54. The lowest BCUT2D eigenvalue weighted by atomic mass is 9.95. The molecule has 0 aliphatic rings. The molecule has 0 aromatic carbocycles. The molecular weight excluding hydrogens is 296 g/mol. The minimum atomic E-state index is 0.539. The van der Waals surface area contributed by atoms with Crippen LogP contribution in [0.4, 0.5) is 0 Å². The van der Waals surface area contributed by atoms with Crippen LogP contribution in [0.3, 0.4) is 0 Å². The predicted molar refractivity (Wildman–Crippen MR) is 93.8 cm³/mol. The Hall–Kier alpha value is -0.740. The van der Waals surface area contributed by atoms with Crippen molar-refractivity contribution in [3.05, 3.63) is 32.2 Å². The van der Waals surface area contributed by atoms with E-state index >= 15 is 0 Å². The summed E-state index contributed by atoms with van der Waals surface area (Å²) in [5, 5.41) is 6.99. The van der Waals surface area contributed by atoms with Crippen molar-refractivity contribution in [2.24, 2.45) is 0 Å². The minimum absolute atomic E-state index is 0.539. The number of thiazole rings is 2. The molecule has 2 atom stereocenters. The lowest BCUT2D eigenvalue weighted by Crippen LogP contribution is -2.00. The molecule has 0 fully saturated rings. The van der Waals surface area contributed by atoms with Crippen LogP contribution in [0.25, 0.3) is 0 Å². The molecule has 0 spiro atoms. The summed E-state index contributed by atoms with van der Waals surface area (Å²) in [5.74, 6) is 1.63. The first-order chi connectivity index (χ1) is 10.0. The third-order valence-electron chi connectivity index (χ3n) is 3.95. The normalized spacial score (nSPS) is 14.6. The number of aromatic nitrogens is 2. The van der Waals surface area contributed by atoms with Gasteiger partial charge in [0, 0.05) is 16.7 Å². The summed E-state index contributed by atoms with van der Waals surface area (Å²) in [6, 6.07) is 0. The monoisotopic (exact) mass is 322 g/mol. The average Bonchev–Trinajstić information content (AvgIpc) is 3.12. The van der Waals surface area contributed by atoms with Gasteiger partial charge in [-0.3, -0.25) is 0 Å². The zero-order chi connectivity index (χ0) is 15.4. The molecular formula is C17H26N2S2. The van der Waals surface area contributed by atoms with E-state index in [0.29, 0.717) is 17.8 Å². The van der Waals surface area contributed by atoms with Crippen LogP contribution >= 0.6 is 22.7 Å². The third-order valence-corrected chi connectivity index (χ3v) is 6.12. The Balaban J connectivity index is 1.89. The molecule has 0 N–H and O–H groups in total. The maximum Gasteiger partial charge on any atom is 0.0953 e. The highest BCUT2D eigenvalue weighted by molar-refractivity contribution is 7.10. The van der Waals surface area contributed by atoms with Crippen LogP contribution in [0.5, 0.6) is 0 Å². The molecule has 2 aromatic rings. The minimum Gasteiger partial charge on any atom is -0.246 e. The van der Waals surface area contributed by atoms with Crippen molar-refractivity contribution >= 4 is 22.7 Å². The molecule has 2 rings (SSSR count). The van der Waals surface area contributed by atoms with Gasteiger partial charge in [-0.2, -0.15) is 0 Å². The summed E-state index contributed by atoms with van der Waals surface area (Å²) in [6.45, 7) is 11.2. The highest BCUT2D eigenvalue weighted by atomic mass is 32.1. The van der Waals surface area contributed by atoms with E-state index in [4.69, 9.17) is 9.97 Å². The molecule has 0 saturated heterocycles. The van der Waals surface area contributed by atoms with Crippen molar-refractivity contribution in [1.82, 2.24) is 9.97 Å². The summed E-state index contributed by atoms with van der Waals surface area (Å²) < 4.78 is 0. The van der Waals surface area contributed by atoms with Crippen LogP contribution in [0.2, 0.25) is 0 Å². The van der Waals surface area contributed by atoms with E-state index in [0.717, 1.165) is 6.42 Å². The van der Waals surface area contributed by atoms with Gasteiger partial charge < -0.3 is 0 Å². The smallest absolute Gasteiger partial charge is 0.0953 e. The highest BCUT2D eigenvalue weighted by Gasteiger charge is 2.15. The summed E-state index contributed by atoms with van der Waals surface area (Å²) >= 11 is 3.59. The topological polar surface area (TPSA) is 25.8 Å².